The second-order valence-corrected chi connectivity index (χ2v) is 35.0. The molecule has 3 aliphatic heterocycles. The smallest absolute Gasteiger partial charge is 0.416 e. The van der Waals surface area contributed by atoms with Crippen LogP contribution in [-0.2, 0) is 131 Å². The number of likely N-dealkylation sites (tertiary alicyclic amines) is 2. The van der Waals surface area contributed by atoms with Crippen molar-refractivity contribution in [1.29, 1.82) is 0 Å². The maximum atomic E-state index is 14.3. The van der Waals surface area contributed by atoms with Crippen LogP contribution in [0, 0.1) is 0 Å². The Labute approximate surface area is 808 Å². The average Bonchev–Trinajstić information content (AvgIpc) is 1.13. The summed E-state index contributed by atoms with van der Waals surface area (Å²) in [5.41, 5.74) is -16.8. The predicted molar refractivity (Wildman–Crippen MR) is 476 cm³/mol. The molecule has 14 rings (SSSR count). The lowest BCUT2D eigenvalue weighted by atomic mass is 9.73. The van der Waals surface area contributed by atoms with Gasteiger partial charge in [-0.15, -0.1) is 0 Å². The van der Waals surface area contributed by atoms with Crippen LogP contribution < -0.4 is 22.4 Å². The molecule has 28 nitrogen and oxygen atoms in total. The molecule has 5 N–H and O–H groups in total. The first-order valence-electron chi connectivity index (χ1n) is 44.8. The number of aromatic amines is 3. The SMILES string of the molecule is CCOC(=O)C[C@]1(n2cn[nH]c2=O)CC[C@@](CO[C@H](C)c2cc(C(F)(F)F)cc(C(F)(F)F)c2)(c2ccccc2)N(C(=O)OCc2ccccc2)C1.CCOC(=O)C[C@]1(n2cn[nH]c2=O)CC[C@@](CO[C@H](C)c2cc(C(F)(F)F)cc(C(F)(F)F)c2)(c2ccccc2)NC1.C[C@@H](OC[C@@]1(c2ccccc2)CC[C@](CC(=O)O)(n2cn[nH]c2=O)CN1C(=O)OCc1ccccc1)c1cc(C(F)(F)F)cc(C(F)(F)F)c1. The Morgan fingerprint density at radius 2 is 0.653 bits per heavy atom. The number of amides is 2. The van der Waals surface area contributed by atoms with E-state index in [1.165, 1.54) is 52.4 Å². The average molecular weight is 2040 g/mol. The Kier molecular flexibility index (Phi) is 33.7. The summed E-state index contributed by atoms with van der Waals surface area (Å²) in [5.74, 6) is -2.46. The first kappa shape index (κ1) is 109. The van der Waals surface area contributed by atoms with Crippen LogP contribution in [0.2, 0.25) is 0 Å². The molecule has 46 heteroatoms. The van der Waals surface area contributed by atoms with Crippen molar-refractivity contribution in [2.24, 2.45) is 0 Å². The number of nitrogens with one attached hydrogen (secondary N) is 4. The van der Waals surface area contributed by atoms with Gasteiger partial charge in [0.25, 0.3) is 0 Å². The van der Waals surface area contributed by atoms with Crippen LogP contribution in [0.25, 0.3) is 0 Å². The second-order valence-electron chi connectivity index (χ2n) is 35.0. The van der Waals surface area contributed by atoms with Crippen LogP contribution in [0.5, 0.6) is 0 Å². The van der Waals surface area contributed by atoms with Crippen molar-refractivity contribution in [2.75, 3.05) is 52.7 Å². The van der Waals surface area contributed by atoms with Gasteiger partial charge in [0.05, 0.1) is 137 Å². The Morgan fingerprint density at radius 1 is 0.368 bits per heavy atom. The minimum Gasteiger partial charge on any atom is -0.481 e. The first-order valence-corrected chi connectivity index (χ1v) is 44.8. The number of halogens is 18. The molecule has 2 amide bonds. The number of carbonyl (C=O) groups excluding carboxylic acids is 4. The standard InChI is InChI=1S/C36H36F6N4O6.C34H32F6N4O6.C28H30F6N4O4/c1-3-50-30(47)19-33(46-23-43-44-31(46)48)14-15-34(27-12-8-5-9-13-27,45(21-33)32(49)51-20-25-10-6-4-7-11-25)22-52-24(2)26-16-28(35(37,38)39)18-29(17-26)36(40,41)42;1-22(24-14-26(33(35,36)37)16-27(15-24)34(38,39)40)50-20-32(25-10-6-3-7-11-25)13-12-31(17-28(45)46,44-21-41-42-29(44)47)19-43(32)30(48)49-18-23-8-4-2-5-9-23;1-3-41-23(39)14-25(38-17-36-37-24(38)40)9-10-26(35-15-25,20-7-5-4-6-8-20)16-42-18(2)19-11-21(27(29,30)31)13-22(12-19)28(32,33)34/h4-13,16-18,23-24H,3,14-15,19-22H2,1-2H3,(H,44,48);2-11,14-16,21-22H,12-13,17-20H2,1H3,(H,42,47)(H,45,46);4-8,11-13,17-18,35H,3,9-10,14-16H2,1-2H3,(H,37,40)/t24-,33-,34-;22-,31-,32-;18-,25-,26-/m111/s1. The molecule has 3 aromatic heterocycles. The molecule has 3 aliphatic rings. The van der Waals surface area contributed by atoms with Gasteiger partial charge in [-0.1, -0.05) is 152 Å². The zero-order valence-electron chi connectivity index (χ0n) is 77.5. The molecule has 0 unspecified atom stereocenters. The molecule has 0 aliphatic carbocycles. The first-order chi connectivity index (χ1) is 67.8. The van der Waals surface area contributed by atoms with Gasteiger partial charge in [-0.3, -0.25) is 37.9 Å². The summed E-state index contributed by atoms with van der Waals surface area (Å²) in [4.78, 5) is 107. The van der Waals surface area contributed by atoms with Crippen LogP contribution in [0.1, 0.15) is 189 Å². The van der Waals surface area contributed by atoms with Crippen LogP contribution >= 0.6 is 0 Å². The van der Waals surface area contributed by atoms with E-state index in [4.69, 9.17) is 33.2 Å². The van der Waals surface area contributed by atoms with Crippen molar-refractivity contribution >= 4 is 30.1 Å². The molecule has 9 atom stereocenters. The zero-order valence-corrected chi connectivity index (χ0v) is 77.5. The fourth-order valence-corrected chi connectivity index (χ4v) is 18.0. The Morgan fingerprint density at radius 3 is 0.938 bits per heavy atom. The molecule has 11 aromatic rings. The lowest BCUT2D eigenvalue weighted by Gasteiger charge is -2.53. The van der Waals surface area contributed by atoms with Crippen molar-refractivity contribution < 1.29 is 141 Å². The van der Waals surface area contributed by atoms with E-state index in [-0.39, 0.29) is 127 Å². The van der Waals surface area contributed by atoms with Crippen LogP contribution in [-0.4, -0.2) is 142 Å². The second kappa shape index (κ2) is 44.5. The van der Waals surface area contributed by atoms with Gasteiger partial charge in [0.1, 0.15) is 32.2 Å². The number of aliphatic carboxylic acids is 1. The third kappa shape index (κ3) is 25.8. The molecular formula is C98H98F18N12O16. The Hall–Kier alpha value is -13.9. The van der Waals surface area contributed by atoms with Crippen molar-refractivity contribution in [2.45, 2.75) is 194 Å². The number of benzene rings is 8. The maximum Gasteiger partial charge on any atom is 0.416 e. The number of alkyl halides is 18. The Bertz CT molecular complexity index is 6290. The van der Waals surface area contributed by atoms with E-state index in [9.17, 15) is 122 Å². The van der Waals surface area contributed by atoms with Crippen LogP contribution in [0.3, 0.4) is 0 Å². The molecule has 0 spiro atoms. The van der Waals surface area contributed by atoms with Gasteiger partial charge in [-0.05, 0) is 172 Å². The van der Waals surface area contributed by atoms with Gasteiger partial charge in [-0.25, -0.2) is 39.3 Å². The maximum absolute atomic E-state index is 14.3. The molecular weight excluding hydrogens is 1940 g/mol. The molecule has 6 heterocycles. The molecule has 0 radical (unpaired) electrons. The number of piperidine rings is 3. The van der Waals surface area contributed by atoms with Gasteiger partial charge >= 0.3 is 84.2 Å². The number of hydrogen-bond acceptors (Lipinski definition) is 19. The van der Waals surface area contributed by atoms with E-state index in [0.29, 0.717) is 58.7 Å². The third-order valence-corrected chi connectivity index (χ3v) is 25.7. The fraction of sp³-hybridized carbons (Fsp3) is 0.398. The highest BCUT2D eigenvalue weighted by Gasteiger charge is 2.58. The van der Waals surface area contributed by atoms with E-state index >= 15 is 0 Å². The monoisotopic (exact) mass is 2040 g/mol. The van der Waals surface area contributed by atoms with Gasteiger partial charge in [-0.2, -0.15) is 94.3 Å². The van der Waals surface area contributed by atoms with E-state index in [1.807, 2.05) is 12.1 Å². The summed E-state index contributed by atoms with van der Waals surface area (Å²) < 4.78 is 289. The zero-order chi connectivity index (χ0) is 105. The predicted octanol–water partition coefficient (Wildman–Crippen LogP) is 19.6. The highest BCUT2D eigenvalue weighted by Crippen LogP contribution is 2.51. The highest BCUT2D eigenvalue weighted by molar-refractivity contribution is 5.74. The summed E-state index contributed by atoms with van der Waals surface area (Å²) in [6, 6.07) is 47.0. The number of rotatable bonds is 30. The number of H-pyrrole nitrogens is 3. The lowest BCUT2D eigenvalue weighted by molar-refractivity contribution is -0.149. The van der Waals surface area contributed by atoms with E-state index < -0.39 is 201 Å². The number of hydrogen-bond donors (Lipinski definition) is 5. The molecule has 8 aromatic carbocycles. The van der Waals surface area contributed by atoms with Crippen molar-refractivity contribution in [1.82, 2.24) is 59.4 Å². The quantitative estimate of drug-likeness (QED) is 0.0159. The van der Waals surface area contributed by atoms with Crippen molar-refractivity contribution in [3.63, 3.8) is 0 Å². The molecule has 0 saturated carbocycles. The number of carbonyl (C=O) groups is 5. The van der Waals surface area contributed by atoms with Crippen molar-refractivity contribution in [3.8, 4) is 0 Å². The summed E-state index contributed by atoms with van der Waals surface area (Å²) in [7, 11) is 0. The minimum atomic E-state index is -5.08. The molecule has 0 bridgehead atoms. The number of esters is 2. The normalized spacial score (nSPS) is 20.7. The number of ether oxygens (including phenoxy) is 7. The van der Waals surface area contributed by atoms with Gasteiger partial charge < -0.3 is 43.6 Å². The van der Waals surface area contributed by atoms with Gasteiger partial charge in [0.2, 0.25) is 0 Å². The highest BCUT2D eigenvalue weighted by atomic mass is 19.4. The fourth-order valence-electron chi connectivity index (χ4n) is 18.0. The molecule has 3 saturated heterocycles. The van der Waals surface area contributed by atoms with E-state index in [0.717, 1.165) is 16.5 Å². The lowest BCUT2D eigenvalue weighted by Crippen LogP contribution is -2.64. The topological polar surface area (TPSA) is 341 Å². The molecule has 3 fully saturated rings. The molecule has 772 valence electrons. The summed E-state index contributed by atoms with van der Waals surface area (Å²) in [6.45, 7) is 5.41. The number of carboxylic acids is 1. The largest absolute Gasteiger partial charge is 0.481 e. The summed E-state index contributed by atoms with van der Waals surface area (Å²) >= 11 is 0. The number of nitrogens with zero attached hydrogens (tertiary/aromatic N) is 8. The van der Waals surface area contributed by atoms with Crippen LogP contribution in [0.4, 0.5) is 88.6 Å². The Balaban J connectivity index is 0.000000194. The van der Waals surface area contributed by atoms with Crippen LogP contribution in [0.15, 0.2) is 240 Å². The summed E-state index contributed by atoms with van der Waals surface area (Å²) in [5, 5.41) is 31.6. The van der Waals surface area contributed by atoms with E-state index in [2.05, 4.69) is 35.9 Å². The third-order valence-electron chi connectivity index (χ3n) is 25.7. The number of aromatic nitrogens is 9. The number of carboxylic acid groups (broad SMARTS) is 1. The minimum absolute atomic E-state index is 0.00239. The van der Waals surface area contributed by atoms with E-state index in [1.54, 1.807) is 153 Å². The van der Waals surface area contributed by atoms with Crippen molar-refractivity contribution in [3.05, 3.63) is 335 Å². The van der Waals surface area contributed by atoms with Gasteiger partial charge in [0, 0.05) is 19.6 Å². The summed E-state index contributed by atoms with van der Waals surface area (Å²) in [6.07, 6.45) is -32.9. The molecule has 144 heavy (non-hydrogen) atoms. The van der Waals surface area contributed by atoms with Gasteiger partial charge in [0.15, 0.2) is 0 Å².